The highest BCUT2D eigenvalue weighted by Gasteiger charge is 2.24. The van der Waals surface area contributed by atoms with Gasteiger partial charge in [0.25, 0.3) is 0 Å². The summed E-state index contributed by atoms with van der Waals surface area (Å²) in [6.45, 7) is 0.716. The predicted octanol–water partition coefficient (Wildman–Crippen LogP) is 3.29. The Morgan fingerprint density at radius 3 is 2.84 bits per heavy atom. The van der Waals surface area contributed by atoms with Crippen molar-refractivity contribution in [2.45, 2.75) is 11.6 Å². The Labute approximate surface area is 148 Å². The molecule has 0 spiro atoms. The fraction of sp³-hybridized carbons (Fsp3) is 0.167. The van der Waals surface area contributed by atoms with Crippen LogP contribution in [-0.4, -0.2) is 33.4 Å². The van der Waals surface area contributed by atoms with E-state index in [1.807, 2.05) is 23.1 Å². The normalized spacial score (nSPS) is 13.1. The van der Waals surface area contributed by atoms with Crippen LogP contribution >= 0.6 is 11.8 Å². The number of nitrogens with one attached hydrogen (secondary N) is 1. The van der Waals surface area contributed by atoms with E-state index in [1.54, 1.807) is 12.1 Å². The number of H-pyrrole nitrogens is 1. The SMILES string of the molecule is O=C(CSc1n[nH]c(-c2ccc(F)cc2)n1)N1CCc2ccccc21. The molecule has 126 valence electrons. The number of carbonyl (C=O) groups is 1. The lowest BCUT2D eigenvalue weighted by Crippen LogP contribution is -2.30. The summed E-state index contributed by atoms with van der Waals surface area (Å²) in [6.07, 6.45) is 0.891. The van der Waals surface area contributed by atoms with Crippen LogP contribution in [0.15, 0.2) is 53.7 Å². The van der Waals surface area contributed by atoms with Crippen LogP contribution in [0.5, 0.6) is 0 Å². The summed E-state index contributed by atoms with van der Waals surface area (Å²) in [5.74, 6) is 0.577. The first-order valence-electron chi connectivity index (χ1n) is 7.90. The molecule has 0 radical (unpaired) electrons. The molecule has 0 unspecified atom stereocenters. The summed E-state index contributed by atoms with van der Waals surface area (Å²) in [7, 11) is 0. The molecule has 1 aliphatic rings. The van der Waals surface area contributed by atoms with Gasteiger partial charge in [0.1, 0.15) is 5.82 Å². The Balaban J connectivity index is 1.41. The number of hydrogen-bond donors (Lipinski definition) is 1. The quantitative estimate of drug-likeness (QED) is 0.731. The summed E-state index contributed by atoms with van der Waals surface area (Å²) in [6, 6.07) is 14.0. The number of fused-ring (bicyclic) bond motifs is 1. The molecular weight excluding hydrogens is 339 g/mol. The molecule has 1 amide bonds. The Hall–Kier alpha value is -2.67. The van der Waals surface area contributed by atoms with Crippen molar-refractivity contribution in [1.82, 2.24) is 15.2 Å². The van der Waals surface area contributed by atoms with Crippen molar-refractivity contribution >= 4 is 23.4 Å². The summed E-state index contributed by atoms with van der Waals surface area (Å²) >= 11 is 1.29. The molecule has 2 heterocycles. The van der Waals surface area contributed by atoms with Crippen LogP contribution in [0.2, 0.25) is 0 Å². The molecule has 4 rings (SSSR count). The monoisotopic (exact) mass is 354 g/mol. The number of aromatic amines is 1. The number of rotatable bonds is 4. The van der Waals surface area contributed by atoms with Crippen molar-refractivity contribution in [1.29, 1.82) is 0 Å². The van der Waals surface area contributed by atoms with Gasteiger partial charge < -0.3 is 4.90 Å². The van der Waals surface area contributed by atoms with Gasteiger partial charge in [0.05, 0.1) is 5.75 Å². The topological polar surface area (TPSA) is 61.9 Å². The summed E-state index contributed by atoms with van der Waals surface area (Å²) in [5.41, 5.74) is 2.95. The highest BCUT2D eigenvalue weighted by Crippen LogP contribution is 2.28. The van der Waals surface area contributed by atoms with E-state index in [1.165, 1.54) is 29.5 Å². The molecule has 0 aliphatic carbocycles. The van der Waals surface area contributed by atoms with E-state index in [9.17, 15) is 9.18 Å². The number of nitrogens with zero attached hydrogens (tertiary/aromatic N) is 3. The van der Waals surface area contributed by atoms with E-state index >= 15 is 0 Å². The maximum absolute atomic E-state index is 13.0. The van der Waals surface area contributed by atoms with Gasteiger partial charge in [-0.1, -0.05) is 30.0 Å². The number of hydrogen-bond acceptors (Lipinski definition) is 4. The number of benzene rings is 2. The zero-order valence-electron chi connectivity index (χ0n) is 13.3. The lowest BCUT2D eigenvalue weighted by atomic mass is 10.2. The minimum Gasteiger partial charge on any atom is -0.311 e. The second kappa shape index (κ2) is 6.68. The maximum Gasteiger partial charge on any atom is 0.237 e. The van der Waals surface area contributed by atoms with Crippen LogP contribution in [0.1, 0.15) is 5.56 Å². The molecule has 1 aromatic heterocycles. The van der Waals surface area contributed by atoms with E-state index in [0.717, 1.165) is 17.7 Å². The number of anilines is 1. The number of amides is 1. The van der Waals surface area contributed by atoms with Crippen molar-refractivity contribution in [3.63, 3.8) is 0 Å². The van der Waals surface area contributed by atoms with Crippen LogP contribution < -0.4 is 4.90 Å². The molecule has 0 atom stereocenters. The van der Waals surface area contributed by atoms with Crippen LogP contribution in [0.4, 0.5) is 10.1 Å². The number of thioether (sulfide) groups is 1. The largest absolute Gasteiger partial charge is 0.311 e. The number of para-hydroxylation sites is 1. The van der Waals surface area contributed by atoms with Crippen molar-refractivity contribution in [3.8, 4) is 11.4 Å². The van der Waals surface area contributed by atoms with Crippen LogP contribution in [-0.2, 0) is 11.2 Å². The lowest BCUT2D eigenvalue weighted by Gasteiger charge is -2.16. The third-order valence-corrected chi connectivity index (χ3v) is 4.93. The fourth-order valence-electron chi connectivity index (χ4n) is 2.85. The zero-order valence-corrected chi connectivity index (χ0v) is 14.1. The van der Waals surface area contributed by atoms with E-state index in [4.69, 9.17) is 0 Å². The number of halogens is 1. The first-order valence-corrected chi connectivity index (χ1v) is 8.89. The van der Waals surface area contributed by atoms with Crippen molar-refractivity contribution in [3.05, 3.63) is 59.9 Å². The van der Waals surface area contributed by atoms with Gasteiger partial charge in [0.2, 0.25) is 11.1 Å². The average molecular weight is 354 g/mol. The first-order chi connectivity index (χ1) is 12.2. The van der Waals surface area contributed by atoms with E-state index < -0.39 is 0 Å². The van der Waals surface area contributed by atoms with Gasteiger partial charge in [-0.25, -0.2) is 9.37 Å². The highest BCUT2D eigenvalue weighted by atomic mass is 32.2. The molecule has 3 aromatic rings. The van der Waals surface area contributed by atoms with Crippen LogP contribution in [0.3, 0.4) is 0 Å². The molecule has 0 bridgehead atoms. The molecule has 1 N–H and O–H groups in total. The van der Waals surface area contributed by atoms with E-state index in [2.05, 4.69) is 21.2 Å². The third kappa shape index (κ3) is 3.28. The zero-order chi connectivity index (χ0) is 17.2. The van der Waals surface area contributed by atoms with Gasteiger partial charge in [0, 0.05) is 17.8 Å². The molecular formula is C18H15FN4OS. The molecule has 2 aromatic carbocycles. The Morgan fingerprint density at radius 1 is 1.20 bits per heavy atom. The summed E-state index contributed by atoms with van der Waals surface area (Å²) in [5, 5.41) is 7.44. The fourth-order valence-corrected chi connectivity index (χ4v) is 3.52. The van der Waals surface area contributed by atoms with Crippen molar-refractivity contribution in [2.75, 3.05) is 17.2 Å². The second-order valence-electron chi connectivity index (χ2n) is 5.69. The maximum atomic E-state index is 13.0. The Bertz CT molecular complexity index is 909. The minimum absolute atomic E-state index is 0.0445. The number of aromatic nitrogens is 3. The van der Waals surface area contributed by atoms with E-state index in [-0.39, 0.29) is 17.5 Å². The Morgan fingerprint density at radius 2 is 2.00 bits per heavy atom. The standard InChI is InChI=1S/C18H15FN4OS/c19-14-7-5-13(6-8-14)17-20-18(22-21-17)25-11-16(24)23-10-9-12-3-1-2-4-15(12)23/h1-8H,9-11H2,(H,20,21,22). The molecule has 5 nitrogen and oxygen atoms in total. The molecule has 0 fully saturated rings. The van der Waals surface area contributed by atoms with E-state index in [0.29, 0.717) is 17.5 Å². The van der Waals surface area contributed by atoms with Gasteiger partial charge in [-0.05, 0) is 42.3 Å². The minimum atomic E-state index is -0.297. The van der Waals surface area contributed by atoms with Gasteiger partial charge in [-0.3, -0.25) is 9.89 Å². The van der Waals surface area contributed by atoms with Gasteiger partial charge in [-0.2, -0.15) is 0 Å². The average Bonchev–Trinajstić information content (AvgIpc) is 3.27. The molecule has 1 aliphatic heterocycles. The highest BCUT2D eigenvalue weighted by molar-refractivity contribution is 7.99. The Kier molecular flexibility index (Phi) is 4.23. The summed E-state index contributed by atoms with van der Waals surface area (Å²) in [4.78, 5) is 18.7. The van der Waals surface area contributed by atoms with Gasteiger partial charge in [0.15, 0.2) is 5.82 Å². The third-order valence-electron chi connectivity index (χ3n) is 4.10. The number of carbonyl (C=O) groups excluding carboxylic acids is 1. The van der Waals surface area contributed by atoms with Crippen LogP contribution in [0.25, 0.3) is 11.4 Å². The van der Waals surface area contributed by atoms with Crippen LogP contribution in [0, 0.1) is 5.82 Å². The summed E-state index contributed by atoms with van der Waals surface area (Å²) < 4.78 is 13.0. The molecule has 25 heavy (non-hydrogen) atoms. The molecule has 0 saturated carbocycles. The predicted molar refractivity (Wildman–Crippen MR) is 95.0 cm³/mol. The van der Waals surface area contributed by atoms with Crippen molar-refractivity contribution in [2.24, 2.45) is 0 Å². The lowest BCUT2D eigenvalue weighted by molar-refractivity contribution is -0.116. The molecule has 0 saturated heterocycles. The van der Waals surface area contributed by atoms with Gasteiger partial charge in [-0.15, -0.1) is 5.10 Å². The second-order valence-corrected chi connectivity index (χ2v) is 6.63. The van der Waals surface area contributed by atoms with Crippen molar-refractivity contribution < 1.29 is 9.18 Å². The molecule has 7 heteroatoms. The smallest absolute Gasteiger partial charge is 0.237 e. The first kappa shape index (κ1) is 15.8. The van der Waals surface area contributed by atoms with Gasteiger partial charge >= 0.3 is 0 Å².